The lowest BCUT2D eigenvalue weighted by Crippen LogP contribution is -2.37. The number of methoxy groups -OCH3 is 1. The van der Waals surface area contributed by atoms with E-state index in [0.717, 1.165) is 62.7 Å². The molecule has 1 N–H and O–H groups in total. The average molecular weight is 449 g/mol. The quantitative estimate of drug-likeness (QED) is 0.506. The second-order valence-electron chi connectivity index (χ2n) is 8.32. The lowest BCUT2D eigenvalue weighted by molar-refractivity contribution is 0.0372. The second-order valence-corrected chi connectivity index (χ2v) is 8.32. The number of aromatic nitrogens is 2. The highest BCUT2D eigenvalue weighted by molar-refractivity contribution is 6.00. The molecule has 1 fully saturated rings. The van der Waals surface area contributed by atoms with Crippen LogP contribution in [0.25, 0.3) is 16.9 Å². The highest BCUT2D eigenvalue weighted by atomic mass is 16.5. The zero-order valence-corrected chi connectivity index (χ0v) is 19.4. The number of hydrogen-bond acceptors (Lipinski definition) is 5. The summed E-state index contributed by atoms with van der Waals surface area (Å²) >= 11 is 0. The molecule has 1 aromatic heterocycles. The second kappa shape index (κ2) is 11.1. The lowest BCUT2D eigenvalue weighted by atomic mass is 10.1. The van der Waals surface area contributed by atoms with Crippen molar-refractivity contribution in [1.29, 1.82) is 0 Å². The summed E-state index contributed by atoms with van der Waals surface area (Å²) in [4.78, 5) is 15.5. The Morgan fingerprint density at radius 1 is 1.12 bits per heavy atom. The van der Waals surface area contributed by atoms with E-state index in [1.54, 1.807) is 11.8 Å². The molecule has 1 saturated heterocycles. The van der Waals surface area contributed by atoms with Crippen LogP contribution in [-0.2, 0) is 4.74 Å². The number of carbonyl (C=O) groups excluding carboxylic acids is 1. The number of unbranched alkanes of at least 4 members (excludes halogenated alkanes) is 1. The molecule has 2 heterocycles. The zero-order chi connectivity index (χ0) is 23.0. The van der Waals surface area contributed by atoms with Gasteiger partial charge in [0.05, 0.1) is 31.6 Å². The third-order valence-electron chi connectivity index (χ3n) is 5.89. The van der Waals surface area contributed by atoms with E-state index in [4.69, 9.17) is 14.6 Å². The molecule has 7 heteroatoms. The van der Waals surface area contributed by atoms with E-state index in [0.29, 0.717) is 17.8 Å². The van der Waals surface area contributed by atoms with Crippen LogP contribution in [0.5, 0.6) is 5.75 Å². The summed E-state index contributed by atoms with van der Waals surface area (Å²) in [7, 11) is 1.63. The fraction of sp³-hybridized carbons (Fsp3) is 0.385. The monoisotopic (exact) mass is 448 g/mol. The van der Waals surface area contributed by atoms with E-state index in [1.807, 2.05) is 61.7 Å². The van der Waals surface area contributed by atoms with Gasteiger partial charge >= 0.3 is 0 Å². The first kappa shape index (κ1) is 23.0. The Hall–Kier alpha value is -3.16. The summed E-state index contributed by atoms with van der Waals surface area (Å²) < 4.78 is 12.5. The van der Waals surface area contributed by atoms with Gasteiger partial charge in [0.15, 0.2) is 0 Å². The van der Waals surface area contributed by atoms with Gasteiger partial charge in [-0.2, -0.15) is 5.10 Å². The van der Waals surface area contributed by atoms with Crippen LogP contribution in [0.15, 0.2) is 54.7 Å². The Labute approximate surface area is 195 Å². The maximum atomic E-state index is 13.1. The number of nitrogens with zero attached hydrogens (tertiary/aromatic N) is 3. The topological polar surface area (TPSA) is 68.6 Å². The van der Waals surface area contributed by atoms with Crippen molar-refractivity contribution in [1.82, 2.24) is 20.0 Å². The Balaban J connectivity index is 1.47. The van der Waals surface area contributed by atoms with Gasteiger partial charge in [-0.25, -0.2) is 4.68 Å². The van der Waals surface area contributed by atoms with Gasteiger partial charge in [0.1, 0.15) is 11.4 Å². The Kier molecular flexibility index (Phi) is 7.75. The number of amides is 1. The van der Waals surface area contributed by atoms with E-state index in [9.17, 15) is 4.79 Å². The summed E-state index contributed by atoms with van der Waals surface area (Å²) in [6.07, 6.45) is 3.79. The van der Waals surface area contributed by atoms with E-state index in [-0.39, 0.29) is 5.91 Å². The van der Waals surface area contributed by atoms with Crippen LogP contribution in [0.2, 0.25) is 0 Å². The minimum Gasteiger partial charge on any atom is -0.497 e. The van der Waals surface area contributed by atoms with Gasteiger partial charge in [-0.05, 0) is 50.6 Å². The standard InChI is InChI=1S/C26H32N4O3/c1-20-8-10-22(11-9-20)30-19-24(25(28-30)21-6-5-7-23(18-21)32-2)26(31)27-12-3-4-13-29-14-16-33-17-15-29/h5-11,18-19H,3-4,12-17H2,1-2H3,(H,27,31). The number of aryl methyl sites for hydroxylation is 1. The predicted octanol–water partition coefficient (Wildman–Crippen LogP) is 3.70. The van der Waals surface area contributed by atoms with Crippen LogP contribution < -0.4 is 10.1 Å². The van der Waals surface area contributed by atoms with Gasteiger partial charge in [0.2, 0.25) is 0 Å². The molecular weight excluding hydrogens is 416 g/mol. The van der Waals surface area contributed by atoms with Crippen molar-refractivity contribution < 1.29 is 14.3 Å². The highest BCUT2D eigenvalue weighted by Crippen LogP contribution is 2.27. The van der Waals surface area contributed by atoms with Crippen molar-refractivity contribution >= 4 is 5.91 Å². The molecule has 0 bridgehead atoms. The summed E-state index contributed by atoms with van der Waals surface area (Å²) in [6, 6.07) is 15.7. The maximum absolute atomic E-state index is 13.1. The smallest absolute Gasteiger partial charge is 0.255 e. The normalized spacial score (nSPS) is 14.2. The summed E-state index contributed by atoms with van der Waals surface area (Å²) in [5.41, 5.74) is 4.12. The lowest BCUT2D eigenvalue weighted by Gasteiger charge is -2.26. The van der Waals surface area contributed by atoms with E-state index >= 15 is 0 Å². The first-order valence-electron chi connectivity index (χ1n) is 11.5. The molecule has 0 spiro atoms. The molecule has 7 nitrogen and oxygen atoms in total. The van der Waals surface area contributed by atoms with Gasteiger partial charge < -0.3 is 14.8 Å². The fourth-order valence-corrected chi connectivity index (χ4v) is 3.94. The molecule has 0 saturated carbocycles. The number of morpholine rings is 1. The third kappa shape index (κ3) is 6.00. The van der Waals surface area contributed by atoms with E-state index in [1.165, 1.54) is 5.56 Å². The number of nitrogens with one attached hydrogen (secondary N) is 1. The molecule has 3 aromatic rings. The van der Waals surface area contributed by atoms with Gasteiger partial charge in [0.25, 0.3) is 5.91 Å². The average Bonchev–Trinajstić information content (AvgIpc) is 3.30. The minimum atomic E-state index is -0.113. The van der Waals surface area contributed by atoms with Crippen LogP contribution in [0.1, 0.15) is 28.8 Å². The van der Waals surface area contributed by atoms with Crippen molar-refractivity contribution in [3.63, 3.8) is 0 Å². The molecule has 0 unspecified atom stereocenters. The predicted molar refractivity (Wildman–Crippen MR) is 129 cm³/mol. The molecule has 1 aliphatic heterocycles. The molecule has 174 valence electrons. The van der Waals surface area contributed by atoms with Crippen molar-refractivity contribution in [2.45, 2.75) is 19.8 Å². The van der Waals surface area contributed by atoms with Crippen molar-refractivity contribution in [3.05, 3.63) is 65.9 Å². The van der Waals surface area contributed by atoms with Crippen molar-refractivity contribution in [2.75, 3.05) is 46.5 Å². The summed E-state index contributed by atoms with van der Waals surface area (Å²) in [6.45, 7) is 7.34. The van der Waals surface area contributed by atoms with Gasteiger partial charge in [-0.15, -0.1) is 0 Å². The molecule has 33 heavy (non-hydrogen) atoms. The highest BCUT2D eigenvalue weighted by Gasteiger charge is 2.19. The van der Waals surface area contributed by atoms with Gasteiger partial charge in [-0.3, -0.25) is 9.69 Å². The molecule has 0 radical (unpaired) electrons. The largest absolute Gasteiger partial charge is 0.497 e. The number of rotatable bonds is 9. The van der Waals surface area contributed by atoms with Gasteiger partial charge in [-0.1, -0.05) is 29.8 Å². The van der Waals surface area contributed by atoms with Crippen LogP contribution in [0.3, 0.4) is 0 Å². The van der Waals surface area contributed by atoms with Crippen LogP contribution in [0.4, 0.5) is 0 Å². The van der Waals surface area contributed by atoms with Gasteiger partial charge in [0, 0.05) is 31.4 Å². The molecule has 1 aliphatic rings. The molecule has 0 aliphatic carbocycles. The first-order chi connectivity index (χ1) is 16.1. The molecule has 1 amide bonds. The first-order valence-corrected chi connectivity index (χ1v) is 11.5. The zero-order valence-electron chi connectivity index (χ0n) is 19.4. The van der Waals surface area contributed by atoms with E-state index < -0.39 is 0 Å². The molecule has 2 aromatic carbocycles. The maximum Gasteiger partial charge on any atom is 0.255 e. The SMILES string of the molecule is COc1cccc(-c2nn(-c3ccc(C)cc3)cc2C(=O)NCCCCN2CCOCC2)c1. The van der Waals surface area contributed by atoms with Crippen LogP contribution in [-0.4, -0.2) is 67.1 Å². The molecular formula is C26H32N4O3. The number of hydrogen-bond donors (Lipinski definition) is 1. The Morgan fingerprint density at radius 3 is 2.67 bits per heavy atom. The molecule has 4 rings (SSSR count). The van der Waals surface area contributed by atoms with Crippen LogP contribution in [0, 0.1) is 6.92 Å². The number of ether oxygens (including phenoxy) is 2. The third-order valence-corrected chi connectivity index (χ3v) is 5.89. The van der Waals surface area contributed by atoms with E-state index in [2.05, 4.69) is 10.2 Å². The Bertz CT molecular complexity index is 1060. The summed E-state index contributed by atoms with van der Waals surface area (Å²) in [5.74, 6) is 0.615. The van der Waals surface area contributed by atoms with Crippen LogP contribution >= 0.6 is 0 Å². The van der Waals surface area contributed by atoms with Crippen molar-refractivity contribution in [3.8, 4) is 22.7 Å². The molecule has 0 atom stereocenters. The minimum absolute atomic E-state index is 0.113. The van der Waals surface area contributed by atoms with Crippen molar-refractivity contribution in [2.24, 2.45) is 0 Å². The Morgan fingerprint density at radius 2 is 1.91 bits per heavy atom. The fourth-order valence-electron chi connectivity index (χ4n) is 3.94. The summed E-state index contributed by atoms with van der Waals surface area (Å²) in [5, 5.41) is 7.85. The number of carbonyl (C=O) groups is 1. The number of benzene rings is 2.